The van der Waals surface area contributed by atoms with Crippen LogP contribution in [-0.4, -0.2) is 34.5 Å². The van der Waals surface area contributed by atoms with Gasteiger partial charge in [0.2, 0.25) is 0 Å². The summed E-state index contributed by atoms with van der Waals surface area (Å²) in [6.45, 7) is 0. The fraction of sp³-hybridized carbons (Fsp3) is 0.800. The quantitative estimate of drug-likeness (QED) is 0.448. The standard InChI is InChI=1S/C10H19O4P/c11-9(12)5-1-3-7-15-8-4-2-6-10(13)14/h15H,1-8H2,(H,11,12)(H,13,14). The number of carboxylic acids is 2. The summed E-state index contributed by atoms with van der Waals surface area (Å²) in [7, 11) is 0.853. The Morgan fingerprint density at radius 2 is 1.20 bits per heavy atom. The van der Waals surface area contributed by atoms with Crippen LogP contribution in [0.1, 0.15) is 38.5 Å². The highest BCUT2D eigenvalue weighted by molar-refractivity contribution is 7.37. The first kappa shape index (κ1) is 14.4. The molecule has 88 valence electrons. The molecule has 0 spiro atoms. The van der Waals surface area contributed by atoms with E-state index in [1.165, 1.54) is 0 Å². The molecule has 0 aliphatic rings. The number of carbonyl (C=O) groups is 2. The van der Waals surface area contributed by atoms with E-state index in [4.69, 9.17) is 10.2 Å². The number of unbranched alkanes of at least 4 members (excludes halogenated alkanes) is 2. The lowest BCUT2D eigenvalue weighted by molar-refractivity contribution is -0.138. The summed E-state index contributed by atoms with van der Waals surface area (Å²) in [5.74, 6) is -1.44. The summed E-state index contributed by atoms with van der Waals surface area (Å²) in [5.41, 5.74) is 0. The minimum absolute atomic E-state index is 0.267. The van der Waals surface area contributed by atoms with Crippen LogP contribution in [0.5, 0.6) is 0 Å². The van der Waals surface area contributed by atoms with E-state index in [2.05, 4.69) is 0 Å². The second kappa shape index (κ2) is 9.91. The highest BCUT2D eigenvalue weighted by Gasteiger charge is 1.98. The van der Waals surface area contributed by atoms with Gasteiger partial charge >= 0.3 is 11.9 Å². The second-order valence-electron chi connectivity index (χ2n) is 3.45. The molecule has 15 heavy (non-hydrogen) atoms. The van der Waals surface area contributed by atoms with Gasteiger partial charge in [-0.2, -0.15) is 0 Å². The van der Waals surface area contributed by atoms with Gasteiger partial charge in [0.15, 0.2) is 0 Å². The largest absolute Gasteiger partial charge is 0.481 e. The van der Waals surface area contributed by atoms with E-state index in [0.717, 1.165) is 46.6 Å². The van der Waals surface area contributed by atoms with Crippen molar-refractivity contribution in [2.24, 2.45) is 0 Å². The minimum Gasteiger partial charge on any atom is -0.481 e. The number of hydrogen-bond acceptors (Lipinski definition) is 2. The number of rotatable bonds is 10. The molecule has 0 saturated heterocycles. The maximum Gasteiger partial charge on any atom is 0.303 e. The molecule has 0 unspecified atom stereocenters. The normalized spacial score (nSPS) is 10.1. The third-order valence-corrected chi connectivity index (χ3v) is 3.40. The predicted octanol–water partition coefficient (Wildman–Crippen LogP) is 2.17. The van der Waals surface area contributed by atoms with E-state index in [1.807, 2.05) is 0 Å². The first-order chi connectivity index (χ1) is 7.13. The van der Waals surface area contributed by atoms with Gasteiger partial charge in [-0.15, -0.1) is 8.58 Å². The Morgan fingerprint density at radius 3 is 1.53 bits per heavy atom. The van der Waals surface area contributed by atoms with Crippen LogP contribution in [-0.2, 0) is 9.59 Å². The Kier molecular flexibility index (Phi) is 9.49. The van der Waals surface area contributed by atoms with E-state index in [1.54, 1.807) is 0 Å². The zero-order valence-corrected chi connectivity index (χ0v) is 9.87. The van der Waals surface area contributed by atoms with Gasteiger partial charge in [-0.05, 0) is 38.0 Å². The summed E-state index contributed by atoms with van der Waals surface area (Å²) in [6, 6.07) is 0. The van der Waals surface area contributed by atoms with Crippen LogP contribution in [0.3, 0.4) is 0 Å². The van der Waals surface area contributed by atoms with Gasteiger partial charge in [-0.25, -0.2) is 0 Å². The number of hydrogen-bond donors (Lipinski definition) is 2. The van der Waals surface area contributed by atoms with Gasteiger partial charge in [0, 0.05) is 12.8 Å². The summed E-state index contributed by atoms with van der Waals surface area (Å²) < 4.78 is 0. The van der Waals surface area contributed by atoms with Crippen LogP contribution < -0.4 is 0 Å². The van der Waals surface area contributed by atoms with Gasteiger partial charge in [0.05, 0.1) is 0 Å². The van der Waals surface area contributed by atoms with E-state index in [-0.39, 0.29) is 12.8 Å². The third kappa shape index (κ3) is 13.4. The van der Waals surface area contributed by atoms with Crippen molar-refractivity contribution in [3.8, 4) is 0 Å². The molecular weight excluding hydrogens is 215 g/mol. The molecule has 0 aromatic heterocycles. The Hall–Kier alpha value is -0.630. The molecule has 2 N–H and O–H groups in total. The molecule has 0 atom stereocenters. The molecule has 4 nitrogen and oxygen atoms in total. The second-order valence-corrected chi connectivity index (χ2v) is 4.95. The Balaban J connectivity index is 2.99. The molecule has 0 aromatic rings. The predicted molar refractivity (Wildman–Crippen MR) is 61.0 cm³/mol. The third-order valence-electron chi connectivity index (χ3n) is 1.99. The van der Waals surface area contributed by atoms with Gasteiger partial charge in [0.1, 0.15) is 0 Å². The van der Waals surface area contributed by atoms with Gasteiger partial charge in [0.25, 0.3) is 0 Å². The Labute approximate surface area is 91.9 Å². The zero-order valence-electron chi connectivity index (χ0n) is 8.87. The lowest BCUT2D eigenvalue weighted by Crippen LogP contribution is -1.95. The van der Waals surface area contributed by atoms with Crippen molar-refractivity contribution in [2.45, 2.75) is 38.5 Å². The average molecular weight is 234 g/mol. The zero-order chi connectivity index (χ0) is 11.5. The molecule has 0 bridgehead atoms. The van der Waals surface area contributed by atoms with Crippen LogP contribution in [0.15, 0.2) is 0 Å². The molecule has 0 radical (unpaired) electrons. The fourth-order valence-corrected chi connectivity index (χ4v) is 2.43. The van der Waals surface area contributed by atoms with Crippen molar-refractivity contribution in [3.05, 3.63) is 0 Å². The van der Waals surface area contributed by atoms with Gasteiger partial charge in [-0.1, -0.05) is 0 Å². The molecule has 0 aromatic carbocycles. The molecule has 5 heteroatoms. The Morgan fingerprint density at radius 1 is 0.800 bits per heavy atom. The van der Waals surface area contributed by atoms with E-state index >= 15 is 0 Å². The molecular formula is C10H19O4P. The van der Waals surface area contributed by atoms with Crippen molar-refractivity contribution in [2.75, 3.05) is 12.3 Å². The monoisotopic (exact) mass is 234 g/mol. The first-order valence-electron chi connectivity index (χ1n) is 5.27. The topological polar surface area (TPSA) is 74.6 Å². The van der Waals surface area contributed by atoms with Crippen LogP contribution in [0.4, 0.5) is 0 Å². The Bertz CT molecular complexity index is 174. The number of carboxylic acid groups (broad SMARTS) is 2. The van der Waals surface area contributed by atoms with Crippen LogP contribution >= 0.6 is 8.58 Å². The molecule has 0 saturated carbocycles. The van der Waals surface area contributed by atoms with Crippen molar-refractivity contribution in [1.29, 1.82) is 0 Å². The summed E-state index contributed by atoms with van der Waals surface area (Å²) >= 11 is 0. The first-order valence-corrected chi connectivity index (χ1v) is 6.68. The van der Waals surface area contributed by atoms with Crippen LogP contribution in [0.25, 0.3) is 0 Å². The average Bonchev–Trinajstić information content (AvgIpc) is 2.14. The van der Waals surface area contributed by atoms with Gasteiger partial charge in [-0.3, -0.25) is 9.59 Å². The maximum atomic E-state index is 10.2. The highest BCUT2D eigenvalue weighted by Crippen LogP contribution is 2.16. The minimum atomic E-state index is -0.722. The molecule has 0 aliphatic heterocycles. The van der Waals surface area contributed by atoms with Crippen LogP contribution in [0.2, 0.25) is 0 Å². The van der Waals surface area contributed by atoms with Crippen molar-refractivity contribution in [3.63, 3.8) is 0 Å². The summed E-state index contributed by atoms with van der Waals surface area (Å²) in [6.07, 6.45) is 6.18. The highest BCUT2D eigenvalue weighted by atomic mass is 31.1. The molecule has 0 heterocycles. The lowest BCUT2D eigenvalue weighted by atomic mass is 10.2. The fourth-order valence-electron chi connectivity index (χ4n) is 1.18. The van der Waals surface area contributed by atoms with Crippen molar-refractivity contribution >= 4 is 20.5 Å². The molecule has 0 rings (SSSR count). The van der Waals surface area contributed by atoms with E-state index in [9.17, 15) is 9.59 Å². The van der Waals surface area contributed by atoms with E-state index in [0.29, 0.717) is 0 Å². The maximum absolute atomic E-state index is 10.2. The molecule has 0 fully saturated rings. The summed E-state index contributed by atoms with van der Waals surface area (Å²) in [4.78, 5) is 20.4. The number of aliphatic carboxylic acids is 2. The molecule has 0 aliphatic carbocycles. The summed E-state index contributed by atoms with van der Waals surface area (Å²) in [5, 5.41) is 16.8. The smallest absolute Gasteiger partial charge is 0.303 e. The molecule has 0 amide bonds. The SMILES string of the molecule is O=C(O)CCCCPCCCCC(=O)O. The van der Waals surface area contributed by atoms with E-state index < -0.39 is 11.9 Å². The van der Waals surface area contributed by atoms with Gasteiger partial charge < -0.3 is 10.2 Å². The van der Waals surface area contributed by atoms with Crippen LogP contribution in [0, 0.1) is 0 Å². The van der Waals surface area contributed by atoms with Crippen molar-refractivity contribution in [1.82, 2.24) is 0 Å². The van der Waals surface area contributed by atoms with Crippen molar-refractivity contribution < 1.29 is 19.8 Å². The lowest BCUT2D eigenvalue weighted by Gasteiger charge is -2.00.